The average molecular weight is 539 g/mol. The van der Waals surface area contributed by atoms with Gasteiger partial charge in [-0.15, -0.1) is 0 Å². The van der Waals surface area contributed by atoms with Gasteiger partial charge in [0.05, 0.1) is 22.8 Å². The van der Waals surface area contributed by atoms with Crippen LogP contribution in [0.25, 0.3) is 0 Å². The van der Waals surface area contributed by atoms with Crippen molar-refractivity contribution in [2.24, 2.45) is 10.7 Å². The summed E-state index contributed by atoms with van der Waals surface area (Å²) < 4.78 is 0. The molecule has 3 rings (SSSR count). The topological polar surface area (TPSA) is 111 Å². The highest BCUT2D eigenvalue weighted by molar-refractivity contribution is 6.34. The Morgan fingerprint density at radius 3 is 2.58 bits per heavy atom. The van der Waals surface area contributed by atoms with Crippen LogP contribution < -0.4 is 16.0 Å². The zero-order chi connectivity index (χ0) is 28.0. The van der Waals surface area contributed by atoms with E-state index in [1.54, 1.807) is 46.0 Å². The smallest absolute Gasteiger partial charge is 0.318 e. The van der Waals surface area contributed by atoms with Gasteiger partial charge in [0.2, 0.25) is 5.91 Å². The lowest BCUT2D eigenvalue weighted by atomic mass is 10.1. The molecule has 9 nitrogen and oxygen atoms in total. The number of urea groups is 1. The van der Waals surface area contributed by atoms with E-state index in [1.165, 1.54) is 12.4 Å². The third kappa shape index (κ3) is 6.72. The molecule has 0 radical (unpaired) electrons. The standard InChI is InChI=1S/C28H35ClN6O3/c1-19-17-35(26(37)22-12-11-21(15-23(22)29)31-14-8-13-30)24-10-7-6-9-20(24)18-34(19)27(38)32-16-25(36)33(5)28(2,3)4/h6-15,19H,16-18,30H2,1-5H3,(H,32,38)/t19-/m1/s1. The van der Waals surface area contributed by atoms with Crippen molar-refractivity contribution in [2.45, 2.75) is 45.8 Å². The van der Waals surface area contributed by atoms with Crippen molar-refractivity contribution in [2.75, 3.05) is 25.0 Å². The van der Waals surface area contributed by atoms with Crippen LogP contribution in [-0.2, 0) is 11.3 Å². The van der Waals surface area contributed by atoms with E-state index in [-0.39, 0.29) is 54.1 Å². The number of carbonyl (C=O) groups is 3. The average Bonchev–Trinajstić information content (AvgIpc) is 3.02. The lowest BCUT2D eigenvalue weighted by Gasteiger charge is -2.33. The lowest BCUT2D eigenvalue weighted by molar-refractivity contribution is -0.132. The van der Waals surface area contributed by atoms with Crippen LogP contribution in [0.2, 0.25) is 5.02 Å². The molecule has 0 unspecified atom stereocenters. The van der Waals surface area contributed by atoms with Gasteiger partial charge in [-0.1, -0.05) is 29.8 Å². The molecular formula is C28H35ClN6O3. The monoisotopic (exact) mass is 538 g/mol. The van der Waals surface area contributed by atoms with Crippen molar-refractivity contribution in [3.05, 3.63) is 70.9 Å². The normalized spacial score (nSPS) is 15.9. The van der Waals surface area contributed by atoms with Crippen LogP contribution in [-0.4, -0.2) is 65.6 Å². The summed E-state index contributed by atoms with van der Waals surface area (Å²) in [5.41, 5.74) is 7.40. The fraction of sp³-hybridized carbons (Fsp3) is 0.357. The minimum atomic E-state index is -0.371. The quantitative estimate of drug-likeness (QED) is 0.552. The predicted octanol–water partition coefficient (Wildman–Crippen LogP) is 4.33. The number of para-hydroxylation sites is 1. The van der Waals surface area contributed by atoms with Crippen LogP contribution in [0, 0.1) is 0 Å². The fourth-order valence-corrected chi connectivity index (χ4v) is 4.26. The second-order valence-corrected chi connectivity index (χ2v) is 10.5. The SMILES string of the molecule is C[C@@H]1CN(C(=O)c2ccc(N=CC=CN)cc2Cl)c2ccccc2CN1C(=O)NCC(=O)N(C)C(C)(C)C. The predicted molar refractivity (Wildman–Crippen MR) is 152 cm³/mol. The summed E-state index contributed by atoms with van der Waals surface area (Å²) >= 11 is 6.49. The number of halogens is 1. The minimum Gasteiger partial charge on any atom is -0.405 e. The third-order valence-corrected chi connectivity index (χ3v) is 6.80. The molecule has 0 saturated heterocycles. The number of hydrogen-bond donors (Lipinski definition) is 2. The van der Waals surface area contributed by atoms with Crippen molar-refractivity contribution in [3.8, 4) is 0 Å². The maximum Gasteiger partial charge on any atom is 0.318 e. The summed E-state index contributed by atoms with van der Waals surface area (Å²) in [7, 11) is 1.71. The molecule has 0 bridgehead atoms. The number of nitrogens with two attached hydrogens (primary N) is 1. The molecule has 1 aliphatic heterocycles. The van der Waals surface area contributed by atoms with Gasteiger partial charge in [0.15, 0.2) is 0 Å². The van der Waals surface area contributed by atoms with Gasteiger partial charge in [-0.3, -0.25) is 14.6 Å². The second kappa shape index (κ2) is 12.1. The Morgan fingerprint density at radius 1 is 1.21 bits per heavy atom. The zero-order valence-electron chi connectivity index (χ0n) is 22.4. The van der Waals surface area contributed by atoms with E-state index in [2.05, 4.69) is 10.3 Å². The maximum absolute atomic E-state index is 13.7. The first-order valence-electron chi connectivity index (χ1n) is 12.4. The molecule has 1 atom stereocenters. The highest BCUT2D eigenvalue weighted by Crippen LogP contribution is 2.31. The van der Waals surface area contributed by atoms with Crippen LogP contribution in [0.15, 0.2) is 59.7 Å². The largest absolute Gasteiger partial charge is 0.405 e. The fourth-order valence-electron chi connectivity index (χ4n) is 4.00. The number of likely N-dealkylation sites (N-methyl/N-ethyl adjacent to an activating group) is 1. The molecule has 0 saturated carbocycles. The van der Waals surface area contributed by atoms with Gasteiger partial charge in [-0.2, -0.15) is 0 Å². The summed E-state index contributed by atoms with van der Waals surface area (Å²) in [6.45, 7) is 8.07. The van der Waals surface area contributed by atoms with E-state index in [1.807, 2.05) is 52.0 Å². The molecule has 0 aromatic heterocycles. The second-order valence-electron chi connectivity index (χ2n) is 10.1. The maximum atomic E-state index is 13.7. The summed E-state index contributed by atoms with van der Waals surface area (Å²) in [6, 6.07) is 11.7. The van der Waals surface area contributed by atoms with Crippen LogP contribution >= 0.6 is 11.6 Å². The van der Waals surface area contributed by atoms with E-state index in [0.29, 0.717) is 16.9 Å². The number of nitrogens with zero attached hydrogens (tertiary/aromatic N) is 4. The van der Waals surface area contributed by atoms with E-state index >= 15 is 0 Å². The van der Waals surface area contributed by atoms with Crippen LogP contribution in [0.1, 0.15) is 43.6 Å². The van der Waals surface area contributed by atoms with Gasteiger partial charge >= 0.3 is 6.03 Å². The first-order valence-corrected chi connectivity index (χ1v) is 12.7. The van der Waals surface area contributed by atoms with Crippen molar-refractivity contribution in [1.29, 1.82) is 0 Å². The molecular weight excluding hydrogens is 504 g/mol. The first kappa shape index (κ1) is 28.7. The first-order chi connectivity index (χ1) is 17.9. The van der Waals surface area contributed by atoms with Crippen molar-refractivity contribution in [3.63, 3.8) is 0 Å². The number of benzene rings is 2. The Hall–Kier alpha value is -3.85. The summed E-state index contributed by atoms with van der Waals surface area (Å²) in [4.78, 5) is 48.6. The van der Waals surface area contributed by atoms with Gasteiger partial charge in [0.25, 0.3) is 5.91 Å². The minimum absolute atomic E-state index is 0.119. The number of allylic oxidation sites excluding steroid dienone is 1. The molecule has 10 heteroatoms. The summed E-state index contributed by atoms with van der Waals surface area (Å²) in [5.74, 6) is -0.470. The molecule has 0 spiro atoms. The Balaban J connectivity index is 1.83. The van der Waals surface area contributed by atoms with Crippen LogP contribution in [0.4, 0.5) is 16.2 Å². The van der Waals surface area contributed by atoms with Gasteiger partial charge in [-0.25, -0.2) is 4.79 Å². The summed E-state index contributed by atoms with van der Waals surface area (Å²) in [6.07, 6.45) is 4.49. The van der Waals surface area contributed by atoms with Crippen molar-refractivity contribution >= 4 is 47.0 Å². The van der Waals surface area contributed by atoms with E-state index in [0.717, 1.165) is 5.56 Å². The number of rotatable bonds is 5. The van der Waals surface area contributed by atoms with Gasteiger partial charge in [0, 0.05) is 43.6 Å². The Morgan fingerprint density at radius 2 is 1.92 bits per heavy atom. The van der Waals surface area contributed by atoms with E-state index < -0.39 is 0 Å². The highest BCUT2D eigenvalue weighted by atomic mass is 35.5. The number of hydrogen-bond acceptors (Lipinski definition) is 5. The molecule has 202 valence electrons. The molecule has 2 aromatic carbocycles. The van der Waals surface area contributed by atoms with Gasteiger partial charge < -0.3 is 25.8 Å². The molecule has 4 amide bonds. The Kier molecular flexibility index (Phi) is 9.17. The number of anilines is 1. The van der Waals surface area contributed by atoms with E-state index in [9.17, 15) is 14.4 Å². The van der Waals surface area contributed by atoms with Crippen LogP contribution in [0.3, 0.4) is 0 Å². The molecule has 1 aliphatic rings. The Bertz CT molecular complexity index is 1250. The number of fused-ring (bicyclic) bond motifs is 1. The zero-order valence-corrected chi connectivity index (χ0v) is 23.2. The molecule has 0 fully saturated rings. The Labute approximate surface area is 228 Å². The lowest BCUT2D eigenvalue weighted by Crippen LogP contribution is -2.52. The number of nitrogens with one attached hydrogen (secondary N) is 1. The van der Waals surface area contributed by atoms with Gasteiger partial charge in [-0.05, 0) is 69.8 Å². The number of amides is 4. The molecule has 0 aliphatic carbocycles. The van der Waals surface area contributed by atoms with E-state index in [4.69, 9.17) is 17.3 Å². The molecule has 2 aromatic rings. The van der Waals surface area contributed by atoms with Crippen molar-refractivity contribution in [1.82, 2.24) is 15.1 Å². The molecule has 1 heterocycles. The number of aliphatic imine (C=N–C) groups is 1. The highest BCUT2D eigenvalue weighted by Gasteiger charge is 2.32. The van der Waals surface area contributed by atoms with Gasteiger partial charge in [0.1, 0.15) is 0 Å². The van der Waals surface area contributed by atoms with Crippen LogP contribution in [0.5, 0.6) is 0 Å². The number of carbonyl (C=O) groups excluding carboxylic acids is 3. The molecule has 3 N–H and O–H groups in total. The molecule has 38 heavy (non-hydrogen) atoms. The summed E-state index contributed by atoms with van der Waals surface area (Å²) in [5, 5.41) is 3.02. The van der Waals surface area contributed by atoms with Crippen molar-refractivity contribution < 1.29 is 14.4 Å². The third-order valence-electron chi connectivity index (χ3n) is 6.48.